The summed E-state index contributed by atoms with van der Waals surface area (Å²) < 4.78 is 13.1. The molecule has 1 N–H and O–H groups in total. The lowest BCUT2D eigenvalue weighted by atomic mass is 10.1. The molecule has 1 fully saturated rings. The van der Waals surface area contributed by atoms with Gasteiger partial charge in [0.25, 0.3) is 0 Å². The molecule has 0 radical (unpaired) electrons. The molecule has 0 saturated heterocycles. The van der Waals surface area contributed by atoms with Crippen molar-refractivity contribution in [2.45, 2.75) is 42.9 Å². The third-order valence-corrected chi connectivity index (χ3v) is 5.03. The summed E-state index contributed by atoms with van der Waals surface area (Å²) in [4.78, 5) is 1.05. The van der Waals surface area contributed by atoms with E-state index in [1.807, 2.05) is 17.8 Å². The van der Waals surface area contributed by atoms with Gasteiger partial charge in [0, 0.05) is 16.2 Å². The highest BCUT2D eigenvalue weighted by molar-refractivity contribution is 8.00. The lowest BCUT2D eigenvalue weighted by Crippen LogP contribution is -2.32. The standard InChI is InChI=1S/C14H20FNS/c1-3-16-13-7-8-14(10(13)2)17-12-6-4-5-11(15)9-12/h4-6,9-10,13-14,16H,3,7-8H2,1-2H3. The molecule has 0 spiro atoms. The van der Waals surface area contributed by atoms with Crippen LogP contribution in [0.2, 0.25) is 0 Å². The van der Waals surface area contributed by atoms with Gasteiger partial charge in [0.2, 0.25) is 0 Å². The Bertz CT molecular complexity index is 369. The van der Waals surface area contributed by atoms with Crippen molar-refractivity contribution in [2.75, 3.05) is 6.54 Å². The van der Waals surface area contributed by atoms with Crippen molar-refractivity contribution in [1.82, 2.24) is 5.32 Å². The number of hydrogen-bond donors (Lipinski definition) is 1. The van der Waals surface area contributed by atoms with Gasteiger partial charge in [-0.25, -0.2) is 4.39 Å². The average molecular weight is 253 g/mol. The molecule has 3 unspecified atom stereocenters. The number of benzene rings is 1. The van der Waals surface area contributed by atoms with E-state index in [9.17, 15) is 4.39 Å². The quantitative estimate of drug-likeness (QED) is 0.878. The molecule has 0 aromatic heterocycles. The molecule has 0 bridgehead atoms. The molecule has 1 saturated carbocycles. The maximum absolute atomic E-state index is 13.1. The molecule has 1 aromatic rings. The van der Waals surface area contributed by atoms with Crippen molar-refractivity contribution in [3.63, 3.8) is 0 Å². The first-order valence-corrected chi connectivity index (χ1v) is 7.24. The van der Waals surface area contributed by atoms with Crippen LogP contribution in [0.25, 0.3) is 0 Å². The largest absolute Gasteiger partial charge is 0.314 e. The van der Waals surface area contributed by atoms with Crippen LogP contribution >= 0.6 is 11.8 Å². The third-order valence-electron chi connectivity index (χ3n) is 3.53. The zero-order valence-electron chi connectivity index (χ0n) is 10.4. The zero-order chi connectivity index (χ0) is 12.3. The Morgan fingerprint density at radius 3 is 2.94 bits per heavy atom. The lowest BCUT2D eigenvalue weighted by molar-refractivity contribution is 0.441. The van der Waals surface area contributed by atoms with Gasteiger partial charge < -0.3 is 5.32 Å². The van der Waals surface area contributed by atoms with Crippen molar-refractivity contribution in [3.8, 4) is 0 Å². The van der Waals surface area contributed by atoms with E-state index in [0.717, 1.165) is 11.4 Å². The van der Waals surface area contributed by atoms with Gasteiger partial charge in [-0.2, -0.15) is 0 Å². The van der Waals surface area contributed by atoms with Crippen LogP contribution in [0.3, 0.4) is 0 Å². The Kier molecular flexibility index (Phi) is 4.46. The second kappa shape index (κ2) is 5.87. The topological polar surface area (TPSA) is 12.0 Å². The van der Waals surface area contributed by atoms with Crippen LogP contribution in [0.5, 0.6) is 0 Å². The normalized spacial score (nSPS) is 28.5. The van der Waals surface area contributed by atoms with Gasteiger partial charge in [-0.1, -0.05) is 19.9 Å². The summed E-state index contributed by atoms with van der Waals surface area (Å²) in [6.45, 7) is 5.49. The van der Waals surface area contributed by atoms with E-state index in [0.29, 0.717) is 17.2 Å². The fourth-order valence-corrected chi connectivity index (χ4v) is 3.91. The van der Waals surface area contributed by atoms with Gasteiger partial charge in [-0.15, -0.1) is 11.8 Å². The zero-order valence-corrected chi connectivity index (χ0v) is 11.3. The van der Waals surface area contributed by atoms with E-state index < -0.39 is 0 Å². The van der Waals surface area contributed by atoms with Gasteiger partial charge >= 0.3 is 0 Å². The molecular weight excluding hydrogens is 233 g/mol. The van der Waals surface area contributed by atoms with Crippen LogP contribution in [0.1, 0.15) is 26.7 Å². The predicted octanol–water partition coefficient (Wildman–Crippen LogP) is 3.69. The summed E-state index contributed by atoms with van der Waals surface area (Å²) in [6.07, 6.45) is 2.46. The van der Waals surface area contributed by atoms with E-state index in [2.05, 4.69) is 19.2 Å². The number of nitrogens with one attached hydrogen (secondary N) is 1. The fraction of sp³-hybridized carbons (Fsp3) is 0.571. The van der Waals surface area contributed by atoms with E-state index in [1.54, 1.807) is 12.1 Å². The van der Waals surface area contributed by atoms with Crippen LogP contribution in [0, 0.1) is 11.7 Å². The second-order valence-corrected chi connectivity index (χ2v) is 6.03. The van der Waals surface area contributed by atoms with E-state index >= 15 is 0 Å². The molecule has 17 heavy (non-hydrogen) atoms. The molecule has 1 nitrogen and oxygen atoms in total. The van der Waals surface area contributed by atoms with Crippen LogP contribution in [0.15, 0.2) is 29.2 Å². The summed E-state index contributed by atoms with van der Waals surface area (Å²) in [7, 11) is 0. The molecule has 3 atom stereocenters. The van der Waals surface area contributed by atoms with Crippen molar-refractivity contribution in [1.29, 1.82) is 0 Å². The van der Waals surface area contributed by atoms with Crippen LogP contribution in [0.4, 0.5) is 4.39 Å². The minimum absolute atomic E-state index is 0.135. The first kappa shape index (κ1) is 12.9. The number of halogens is 1. The fourth-order valence-electron chi connectivity index (χ4n) is 2.56. The van der Waals surface area contributed by atoms with E-state index in [4.69, 9.17) is 0 Å². The maximum atomic E-state index is 13.1. The summed E-state index contributed by atoms with van der Waals surface area (Å²) >= 11 is 1.82. The van der Waals surface area contributed by atoms with Crippen molar-refractivity contribution < 1.29 is 4.39 Å². The Balaban J connectivity index is 1.96. The Labute approximate surface area is 107 Å². The molecule has 0 aliphatic heterocycles. The SMILES string of the molecule is CCNC1CCC(Sc2cccc(F)c2)C1C. The van der Waals surface area contributed by atoms with E-state index in [1.165, 1.54) is 18.9 Å². The van der Waals surface area contributed by atoms with Crippen LogP contribution in [-0.4, -0.2) is 17.8 Å². The smallest absolute Gasteiger partial charge is 0.124 e. The highest BCUT2D eigenvalue weighted by Crippen LogP contribution is 2.38. The highest BCUT2D eigenvalue weighted by atomic mass is 32.2. The minimum Gasteiger partial charge on any atom is -0.314 e. The number of hydrogen-bond acceptors (Lipinski definition) is 2. The van der Waals surface area contributed by atoms with E-state index in [-0.39, 0.29) is 5.82 Å². The Morgan fingerprint density at radius 1 is 1.41 bits per heavy atom. The van der Waals surface area contributed by atoms with Gasteiger partial charge in [-0.05, 0) is 43.5 Å². The van der Waals surface area contributed by atoms with Crippen molar-refractivity contribution in [3.05, 3.63) is 30.1 Å². The molecule has 0 amide bonds. The minimum atomic E-state index is -0.135. The molecular formula is C14H20FNS. The number of thioether (sulfide) groups is 1. The third kappa shape index (κ3) is 3.23. The maximum Gasteiger partial charge on any atom is 0.124 e. The van der Waals surface area contributed by atoms with Gasteiger partial charge in [-0.3, -0.25) is 0 Å². The molecule has 1 aliphatic rings. The molecule has 2 rings (SSSR count). The van der Waals surface area contributed by atoms with Gasteiger partial charge in [0.15, 0.2) is 0 Å². The summed E-state index contributed by atoms with van der Waals surface area (Å²) in [5.74, 6) is 0.520. The summed E-state index contributed by atoms with van der Waals surface area (Å²) in [6, 6.07) is 7.56. The number of rotatable bonds is 4. The second-order valence-electron chi connectivity index (χ2n) is 4.71. The highest BCUT2D eigenvalue weighted by Gasteiger charge is 2.32. The molecule has 1 aromatic carbocycles. The predicted molar refractivity (Wildman–Crippen MR) is 71.9 cm³/mol. The lowest BCUT2D eigenvalue weighted by Gasteiger charge is -2.20. The Hall–Kier alpha value is -0.540. The van der Waals surface area contributed by atoms with Crippen molar-refractivity contribution in [2.24, 2.45) is 5.92 Å². The Morgan fingerprint density at radius 2 is 2.24 bits per heavy atom. The summed E-state index contributed by atoms with van der Waals surface area (Å²) in [5, 5.41) is 4.15. The van der Waals surface area contributed by atoms with Gasteiger partial charge in [0.1, 0.15) is 5.82 Å². The molecule has 1 aliphatic carbocycles. The summed E-state index contributed by atoms with van der Waals surface area (Å²) in [5.41, 5.74) is 0. The van der Waals surface area contributed by atoms with Crippen LogP contribution in [-0.2, 0) is 0 Å². The first-order chi connectivity index (χ1) is 8.20. The van der Waals surface area contributed by atoms with Crippen LogP contribution < -0.4 is 5.32 Å². The molecule has 3 heteroatoms. The van der Waals surface area contributed by atoms with Gasteiger partial charge in [0.05, 0.1) is 0 Å². The average Bonchev–Trinajstić information content (AvgIpc) is 2.62. The molecule has 94 valence electrons. The van der Waals surface area contributed by atoms with Crippen molar-refractivity contribution >= 4 is 11.8 Å². The molecule has 0 heterocycles. The monoisotopic (exact) mass is 253 g/mol. The first-order valence-electron chi connectivity index (χ1n) is 6.36.